The third-order valence-electron chi connectivity index (χ3n) is 0.694. The average Bonchev–Trinajstić information content (AvgIpc) is 1.82. The van der Waals surface area contributed by atoms with E-state index >= 15 is 0 Å². The molecule has 9 heavy (non-hydrogen) atoms. The predicted octanol–water partition coefficient (Wildman–Crippen LogP) is -0.429. The molecule has 0 unspecified atom stereocenters. The highest BCUT2D eigenvalue weighted by atomic mass is 19.3. The van der Waals surface area contributed by atoms with Gasteiger partial charge in [0.25, 0.3) is 0 Å². The summed E-state index contributed by atoms with van der Waals surface area (Å²) in [6.07, 6.45) is 0.976. The molecule has 0 aromatic heterocycles. The van der Waals surface area contributed by atoms with E-state index in [9.17, 15) is 13.6 Å². The van der Waals surface area contributed by atoms with Crippen LogP contribution >= 0.6 is 0 Å². The lowest BCUT2D eigenvalue weighted by Gasteiger charge is -2.11. The molecule has 0 aromatic carbocycles. The van der Waals surface area contributed by atoms with Crippen LogP contribution < -0.4 is 0 Å². The Kier molecular flexibility index (Phi) is 3.87. The van der Waals surface area contributed by atoms with E-state index in [0.717, 1.165) is 6.41 Å². The van der Waals surface area contributed by atoms with Crippen molar-refractivity contribution in [1.82, 2.24) is 4.90 Å². The van der Waals surface area contributed by atoms with E-state index in [1.54, 1.807) is 0 Å². The molecular weight excluding hydrogens is 132 g/mol. The van der Waals surface area contributed by atoms with Crippen LogP contribution in [0.4, 0.5) is 8.78 Å². The molecular formula is C4H6F2NO2. The van der Waals surface area contributed by atoms with Crippen molar-refractivity contribution >= 4 is 6.41 Å². The SMILES string of the molecule is O=[C]N(CCO)C(F)F. The summed E-state index contributed by atoms with van der Waals surface area (Å²) >= 11 is 0. The van der Waals surface area contributed by atoms with Crippen LogP contribution in [0.5, 0.6) is 0 Å². The summed E-state index contributed by atoms with van der Waals surface area (Å²) in [5.41, 5.74) is 0. The van der Waals surface area contributed by atoms with E-state index in [-0.39, 0.29) is 11.4 Å². The van der Waals surface area contributed by atoms with Crippen LogP contribution in [0.1, 0.15) is 0 Å². The van der Waals surface area contributed by atoms with Crippen molar-refractivity contribution in [2.24, 2.45) is 0 Å². The lowest BCUT2D eigenvalue weighted by atomic mass is 10.6. The van der Waals surface area contributed by atoms with E-state index in [0.29, 0.717) is 0 Å². The summed E-state index contributed by atoms with van der Waals surface area (Å²) in [4.78, 5) is 9.63. The van der Waals surface area contributed by atoms with E-state index in [1.165, 1.54) is 0 Å². The van der Waals surface area contributed by atoms with E-state index in [4.69, 9.17) is 5.11 Å². The Bertz CT molecular complexity index is 88.6. The van der Waals surface area contributed by atoms with Crippen LogP contribution in [0.3, 0.4) is 0 Å². The van der Waals surface area contributed by atoms with Crippen LogP contribution in [0.25, 0.3) is 0 Å². The Labute approximate surface area is 50.9 Å². The number of amides is 1. The fourth-order valence-corrected chi connectivity index (χ4v) is 0.291. The Morgan fingerprint density at radius 2 is 2.22 bits per heavy atom. The van der Waals surface area contributed by atoms with Gasteiger partial charge in [-0.3, -0.25) is 9.69 Å². The zero-order valence-corrected chi connectivity index (χ0v) is 4.55. The maximum Gasteiger partial charge on any atom is 0.317 e. The molecule has 3 nitrogen and oxygen atoms in total. The van der Waals surface area contributed by atoms with Gasteiger partial charge < -0.3 is 5.11 Å². The van der Waals surface area contributed by atoms with Gasteiger partial charge in [-0.05, 0) is 0 Å². The third-order valence-corrected chi connectivity index (χ3v) is 0.694. The molecule has 5 heteroatoms. The molecule has 0 aliphatic carbocycles. The number of aliphatic hydroxyl groups is 1. The molecule has 0 rings (SSSR count). The second kappa shape index (κ2) is 4.20. The van der Waals surface area contributed by atoms with Crippen LogP contribution in [-0.4, -0.2) is 36.1 Å². The van der Waals surface area contributed by atoms with Crippen LogP contribution in [-0.2, 0) is 4.79 Å². The number of halogens is 2. The Morgan fingerprint density at radius 3 is 2.33 bits per heavy atom. The monoisotopic (exact) mass is 138 g/mol. The molecule has 0 spiro atoms. The second-order valence-corrected chi connectivity index (χ2v) is 1.29. The smallest absolute Gasteiger partial charge is 0.317 e. The summed E-state index contributed by atoms with van der Waals surface area (Å²) in [5.74, 6) is 0. The van der Waals surface area contributed by atoms with Gasteiger partial charge in [0.15, 0.2) is 0 Å². The minimum Gasteiger partial charge on any atom is -0.395 e. The quantitative estimate of drug-likeness (QED) is 0.423. The van der Waals surface area contributed by atoms with Gasteiger partial charge in [-0.2, -0.15) is 8.78 Å². The lowest BCUT2D eigenvalue weighted by Crippen LogP contribution is -2.30. The highest BCUT2D eigenvalue weighted by Gasteiger charge is 2.12. The van der Waals surface area contributed by atoms with E-state index in [2.05, 4.69) is 0 Å². The first-order chi connectivity index (χ1) is 4.22. The van der Waals surface area contributed by atoms with Crippen molar-refractivity contribution in [2.45, 2.75) is 6.55 Å². The number of rotatable bonds is 4. The third kappa shape index (κ3) is 2.97. The number of nitrogens with zero attached hydrogens (tertiary/aromatic N) is 1. The molecule has 1 radical (unpaired) electrons. The molecule has 0 saturated heterocycles. The van der Waals surface area contributed by atoms with Gasteiger partial charge in [-0.25, -0.2) is 0 Å². The van der Waals surface area contributed by atoms with Gasteiger partial charge in [-0.1, -0.05) is 0 Å². The molecule has 1 N–H and O–H groups in total. The zero-order valence-electron chi connectivity index (χ0n) is 4.55. The highest BCUT2D eigenvalue weighted by molar-refractivity contribution is 5.47. The number of alkyl halides is 2. The van der Waals surface area contributed by atoms with Gasteiger partial charge in [0.1, 0.15) is 0 Å². The molecule has 0 bridgehead atoms. The number of carbonyl (C=O) groups excluding carboxylic acids is 1. The minimum absolute atomic E-state index is 0.0833. The largest absolute Gasteiger partial charge is 0.395 e. The summed E-state index contributed by atoms with van der Waals surface area (Å²) in [5, 5.41) is 8.06. The summed E-state index contributed by atoms with van der Waals surface area (Å²) in [6.45, 7) is -3.71. The first-order valence-corrected chi connectivity index (χ1v) is 2.25. The van der Waals surface area contributed by atoms with Crippen LogP contribution in [0.15, 0.2) is 0 Å². The first-order valence-electron chi connectivity index (χ1n) is 2.25. The average molecular weight is 138 g/mol. The van der Waals surface area contributed by atoms with Crippen molar-refractivity contribution < 1.29 is 18.7 Å². The molecule has 0 saturated carbocycles. The van der Waals surface area contributed by atoms with Gasteiger partial charge in [0.05, 0.1) is 6.61 Å². The van der Waals surface area contributed by atoms with Crippen LogP contribution in [0, 0.1) is 0 Å². The minimum atomic E-state index is -2.87. The zero-order chi connectivity index (χ0) is 7.28. The predicted molar refractivity (Wildman–Crippen MR) is 25.5 cm³/mol. The fourth-order valence-electron chi connectivity index (χ4n) is 0.291. The number of aliphatic hydroxyl groups excluding tert-OH is 1. The first kappa shape index (κ1) is 8.29. The second-order valence-electron chi connectivity index (χ2n) is 1.29. The Balaban J connectivity index is 3.54. The highest BCUT2D eigenvalue weighted by Crippen LogP contribution is 1.97. The number of hydrogen-bond acceptors (Lipinski definition) is 2. The topological polar surface area (TPSA) is 40.5 Å². The Morgan fingerprint density at radius 1 is 1.67 bits per heavy atom. The molecule has 0 atom stereocenters. The summed E-state index contributed by atoms with van der Waals surface area (Å²) in [7, 11) is 0. The molecule has 0 aliphatic rings. The van der Waals surface area contributed by atoms with Crippen molar-refractivity contribution in [2.75, 3.05) is 13.2 Å². The van der Waals surface area contributed by atoms with E-state index in [1.807, 2.05) is 0 Å². The molecule has 0 fully saturated rings. The Hall–Kier alpha value is -0.710. The standard InChI is InChI=1S/C4H6F2NO2/c5-4(6)7(3-9)1-2-8/h4,8H,1-2H2. The molecule has 53 valence electrons. The molecule has 0 heterocycles. The fraction of sp³-hybridized carbons (Fsp3) is 0.750. The van der Waals surface area contributed by atoms with Gasteiger partial charge in [0, 0.05) is 6.54 Å². The maximum atomic E-state index is 11.4. The van der Waals surface area contributed by atoms with Gasteiger partial charge >= 0.3 is 13.0 Å². The summed E-state index contributed by atoms with van der Waals surface area (Å²) in [6, 6.07) is 0. The van der Waals surface area contributed by atoms with Crippen molar-refractivity contribution in [1.29, 1.82) is 0 Å². The molecule has 0 aliphatic heterocycles. The van der Waals surface area contributed by atoms with Crippen molar-refractivity contribution in [3.8, 4) is 0 Å². The maximum absolute atomic E-state index is 11.4. The number of hydrogen-bond donors (Lipinski definition) is 1. The van der Waals surface area contributed by atoms with E-state index < -0.39 is 13.2 Å². The normalized spacial score (nSPS) is 9.78. The molecule has 0 aromatic rings. The van der Waals surface area contributed by atoms with Crippen molar-refractivity contribution in [3.05, 3.63) is 0 Å². The van der Waals surface area contributed by atoms with Gasteiger partial charge in [0.2, 0.25) is 0 Å². The van der Waals surface area contributed by atoms with Crippen molar-refractivity contribution in [3.63, 3.8) is 0 Å². The van der Waals surface area contributed by atoms with Crippen LogP contribution in [0.2, 0.25) is 0 Å². The lowest BCUT2D eigenvalue weighted by molar-refractivity contribution is 0.0116. The molecule has 1 amide bonds. The summed E-state index contributed by atoms with van der Waals surface area (Å²) < 4.78 is 22.9. The van der Waals surface area contributed by atoms with Gasteiger partial charge in [-0.15, -0.1) is 0 Å².